The molecule has 0 radical (unpaired) electrons. The number of rotatable bonds is 8. The molecule has 2 aromatic carbocycles. The van der Waals surface area contributed by atoms with Crippen molar-refractivity contribution in [2.75, 3.05) is 19.5 Å². The monoisotopic (exact) mass is 424 g/mol. The number of methoxy groups -OCH3 is 1. The summed E-state index contributed by atoms with van der Waals surface area (Å²) in [6, 6.07) is 17.4. The summed E-state index contributed by atoms with van der Waals surface area (Å²) in [6.07, 6.45) is 0.845. The number of nitrogens with one attached hydrogen (secondary N) is 1. The first-order chi connectivity index (χ1) is 14.2. The highest BCUT2D eigenvalue weighted by molar-refractivity contribution is 7.99. The van der Waals surface area contributed by atoms with Gasteiger partial charge in [-0.3, -0.25) is 4.79 Å². The molecule has 29 heavy (non-hydrogen) atoms. The number of aromatic amines is 1. The van der Waals surface area contributed by atoms with Crippen molar-refractivity contribution in [1.29, 1.82) is 0 Å². The van der Waals surface area contributed by atoms with Gasteiger partial charge < -0.3 is 14.5 Å². The minimum atomic E-state index is -0.0907. The van der Waals surface area contributed by atoms with Crippen molar-refractivity contribution >= 4 is 33.3 Å². The number of hydrogen-bond donors (Lipinski definition) is 1. The number of fused-ring (bicyclic) bond motifs is 1. The first-order valence-corrected chi connectivity index (χ1v) is 11.1. The fourth-order valence-electron chi connectivity index (χ4n) is 2.92. The lowest BCUT2D eigenvalue weighted by Gasteiger charge is -2.07. The van der Waals surface area contributed by atoms with E-state index in [9.17, 15) is 4.79 Å². The third kappa shape index (κ3) is 4.63. The van der Waals surface area contributed by atoms with E-state index in [0.29, 0.717) is 17.1 Å². The van der Waals surface area contributed by atoms with Gasteiger partial charge in [-0.15, -0.1) is 11.3 Å². The number of H-pyrrole nitrogens is 1. The lowest BCUT2D eigenvalue weighted by Crippen LogP contribution is -2.09. The van der Waals surface area contributed by atoms with Gasteiger partial charge in [0.15, 0.2) is 5.16 Å². The van der Waals surface area contributed by atoms with E-state index in [1.165, 1.54) is 23.1 Å². The Balaban J connectivity index is 1.36. The Bertz CT molecular complexity index is 1140. The van der Waals surface area contributed by atoms with Gasteiger partial charge >= 0.3 is 0 Å². The average Bonchev–Trinajstić information content (AvgIpc) is 3.19. The van der Waals surface area contributed by atoms with Crippen LogP contribution in [-0.2, 0) is 0 Å². The van der Waals surface area contributed by atoms with Crippen molar-refractivity contribution in [2.24, 2.45) is 0 Å². The molecule has 2 heterocycles. The topological polar surface area (TPSA) is 64.2 Å². The van der Waals surface area contributed by atoms with Gasteiger partial charge in [-0.1, -0.05) is 42.1 Å². The zero-order valence-corrected chi connectivity index (χ0v) is 17.5. The van der Waals surface area contributed by atoms with Crippen molar-refractivity contribution in [3.05, 3.63) is 70.3 Å². The number of benzene rings is 2. The summed E-state index contributed by atoms with van der Waals surface area (Å²) in [5, 5.41) is 3.31. The van der Waals surface area contributed by atoms with E-state index in [1.54, 1.807) is 7.11 Å². The Morgan fingerprint density at radius 2 is 1.83 bits per heavy atom. The summed E-state index contributed by atoms with van der Waals surface area (Å²) < 4.78 is 10.9. The highest BCUT2D eigenvalue weighted by atomic mass is 32.2. The lowest BCUT2D eigenvalue weighted by atomic mass is 10.1. The van der Waals surface area contributed by atoms with Crippen LogP contribution in [0.3, 0.4) is 0 Å². The van der Waals surface area contributed by atoms with Crippen LogP contribution in [0, 0.1) is 0 Å². The minimum absolute atomic E-state index is 0.0907. The van der Waals surface area contributed by atoms with Crippen molar-refractivity contribution in [3.63, 3.8) is 0 Å². The summed E-state index contributed by atoms with van der Waals surface area (Å²) in [4.78, 5) is 21.0. The summed E-state index contributed by atoms with van der Waals surface area (Å²) in [5.74, 6) is 2.43. The Labute approximate surface area is 176 Å². The number of nitrogens with zero attached hydrogens (tertiary/aromatic N) is 1. The van der Waals surface area contributed by atoms with Crippen molar-refractivity contribution in [2.45, 2.75) is 11.6 Å². The Morgan fingerprint density at radius 1 is 1.07 bits per heavy atom. The average molecular weight is 425 g/mol. The van der Waals surface area contributed by atoms with Crippen LogP contribution in [0.4, 0.5) is 0 Å². The van der Waals surface area contributed by atoms with E-state index in [0.717, 1.165) is 39.6 Å². The molecule has 0 aliphatic rings. The highest BCUT2D eigenvalue weighted by Gasteiger charge is 2.12. The van der Waals surface area contributed by atoms with Crippen molar-refractivity contribution in [3.8, 4) is 22.6 Å². The maximum atomic E-state index is 12.6. The van der Waals surface area contributed by atoms with Gasteiger partial charge in [0.2, 0.25) is 0 Å². The van der Waals surface area contributed by atoms with Crippen LogP contribution in [0.2, 0.25) is 0 Å². The molecule has 4 aromatic rings. The van der Waals surface area contributed by atoms with Gasteiger partial charge in [-0.25, -0.2) is 4.98 Å². The Morgan fingerprint density at radius 3 is 2.59 bits per heavy atom. The number of thioether (sulfide) groups is 1. The highest BCUT2D eigenvalue weighted by Crippen LogP contribution is 2.31. The number of hydrogen-bond acceptors (Lipinski definition) is 6. The molecular formula is C22H20N2O3S2. The summed E-state index contributed by atoms with van der Waals surface area (Å²) in [5.41, 5.74) is 1.87. The van der Waals surface area contributed by atoms with Gasteiger partial charge in [0.25, 0.3) is 5.56 Å². The molecule has 0 saturated heterocycles. The van der Waals surface area contributed by atoms with Crippen molar-refractivity contribution < 1.29 is 9.47 Å². The number of thiophene rings is 1. The molecule has 0 amide bonds. The molecule has 7 heteroatoms. The molecule has 0 fully saturated rings. The van der Waals surface area contributed by atoms with Gasteiger partial charge in [-0.05, 0) is 36.2 Å². The fraction of sp³-hybridized carbons (Fsp3) is 0.182. The Hall–Kier alpha value is -2.77. The molecule has 5 nitrogen and oxygen atoms in total. The molecule has 0 spiro atoms. The van der Waals surface area contributed by atoms with Crippen LogP contribution in [0.25, 0.3) is 21.3 Å². The summed E-state index contributed by atoms with van der Waals surface area (Å²) in [7, 11) is 1.64. The molecule has 2 aromatic heterocycles. The molecule has 0 unspecified atom stereocenters. The molecule has 0 aliphatic heterocycles. The van der Waals surface area contributed by atoms with Crippen LogP contribution in [0.15, 0.2) is 69.9 Å². The van der Waals surface area contributed by atoms with Gasteiger partial charge in [0.1, 0.15) is 16.3 Å². The second-order valence-electron chi connectivity index (χ2n) is 6.29. The Kier molecular flexibility index (Phi) is 6.17. The summed E-state index contributed by atoms with van der Waals surface area (Å²) >= 11 is 3.04. The maximum absolute atomic E-state index is 12.6. The molecular weight excluding hydrogens is 404 g/mol. The van der Waals surface area contributed by atoms with E-state index < -0.39 is 0 Å². The van der Waals surface area contributed by atoms with Crippen LogP contribution >= 0.6 is 23.1 Å². The first-order valence-electron chi connectivity index (χ1n) is 9.21. The molecule has 0 atom stereocenters. The first kappa shape index (κ1) is 19.5. The largest absolute Gasteiger partial charge is 0.497 e. The molecule has 0 saturated carbocycles. The molecule has 4 rings (SSSR count). The smallest absolute Gasteiger partial charge is 0.260 e. The zero-order chi connectivity index (χ0) is 20.1. The number of ether oxygens (including phenoxy) is 2. The molecule has 148 valence electrons. The fourth-order valence-corrected chi connectivity index (χ4v) is 4.70. The zero-order valence-electron chi connectivity index (χ0n) is 15.9. The van der Waals surface area contributed by atoms with E-state index in [-0.39, 0.29) is 5.56 Å². The minimum Gasteiger partial charge on any atom is -0.497 e. The van der Waals surface area contributed by atoms with Crippen LogP contribution in [-0.4, -0.2) is 29.4 Å². The third-order valence-corrected chi connectivity index (χ3v) is 6.19. The predicted octanol–water partition coefficient (Wildman–Crippen LogP) is 5.22. The lowest BCUT2D eigenvalue weighted by molar-refractivity contribution is 0.318. The summed E-state index contributed by atoms with van der Waals surface area (Å²) in [6.45, 7) is 0.600. The second kappa shape index (κ2) is 9.15. The van der Waals surface area contributed by atoms with Crippen LogP contribution in [0.1, 0.15) is 6.42 Å². The molecule has 1 N–H and O–H groups in total. The van der Waals surface area contributed by atoms with Crippen LogP contribution in [0.5, 0.6) is 11.5 Å². The second-order valence-corrected chi connectivity index (χ2v) is 8.23. The molecule has 0 bridgehead atoms. The van der Waals surface area contributed by atoms with Crippen molar-refractivity contribution in [1.82, 2.24) is 9.97 Å². The van der Waals surface area contributed by atoms with Crippen LogP contribution < -0.4 is 15.0 Å². The normalized spacial score (nSPS) is 10.9. The standard InChI is InChI=1S/C22H20N2O3S2/c1-26-16-8-10-17(11-9-16)27-12-5-13-28-22-23-20(25)19-18(14-29-21(19)24-22)15-6-3-2-4-7-15/h2-4,6-11,14H,5,12-13H2,1H3,(H,23,24,25). The van der Waals surface area contributed by atoms with Gasteiger partial charge in [0, 0.05) is 16.7 Å². The predicted molar refractivity (Wildman–Crippen MR) is 120 cm³/mol. The SMILES string of the molecule is COc1ccc(OCCCSc2nc3scc(-c4ccccc4)c3c(=O)[nH]2)cc1. The molecule has 0 aliphatic carbocycles. The van der Waals surface area contributed by atoms with E-state index in [4.69, 9.17) is 9.47 Å². The number of aromatic nitrogens is 2. The quantitative estimate of drug-likeness (QED) is 0.239. The third-order valence-electron chi connectivity index (χ3n) is 4.36. The van der Waals surface area contributed by atoms with E-state index >= 15 is 0 Å². The van der Waals surface area contributed by atoms with Gasteiger partial charge in [-0.2, -0.15) is 0 Å². The van der Waals surface area contributed by atoms with E-state index in [1.807, 2.05) is 60.0 Å². The van der Waals surface area contributed by atoms with Gasteiger partial charge in [0.05, 0.1) is 19.1 Å². The van der Waals surface area contributed by atoms with E-state index in [2.05, 4.69) is 9.97 Å². The maximum Gasteiger partial charge on any atom is 0.260 e.